The third-order valence-corrected chi connectivity index (χ3v) is 5.65. The van der Waals surface area contributed by atoms with E-state index in [4.69, 9.17) is 14.6 Å². The third kappa shape index (κ3) is 3.49. The molecule has 6 nitrogen and oxygen atoms in total. The average molecular weight is 349 g/mol. The highest BCUT2D eigenvalue weighted by atomic mass is 16.5. The second kappa shape index (κ2) is 6.67. The molecule has 0 saturated heterocycles. The Morgan fingerprint density at radius 3 is 2.24 bits per heavy atom. The zero-order valence-corrected chi connectivity index (χ0v) is 15.7. The van der Waals surface area contributed by atoms with Crippen LogP contribution in [0.1, 0.15) is 48.7 Å². The lowest BCUT2D eigenvalue weighted by Gasteiger charge is -2.59. The molecule has 2 unspecified atom stereocenters. The summed E-state index contributed by atoms with van der Waals surface area (Å²) in [6.07, 6.45) is 0.764. The van der Waals surface area contributed by atoms with Crippen LogP contribution in [0.4, 0.5) is 0 Å². The number of methoxy groups -OCH3 is 1. The van der Waals surface area contributed by atoms with E-state index in [0.29, 0.717) is 11.3 Å². The number of aliphatic carboxylic acids is 1. The van der Waals surface area contributed by atoms with Gasteiger partial charge in [0.25, 0.3) is 5.91 Å². The molecular weight excluding hydrogens is 322 g/mol. The maximum absolute atomic E-state index is 12.6. The Kier molecular flexibility index (Phi) is 5.14. The number of nitrogens with one attached hydrogen (secondary N) is 1. The van der Waals surface area contributed by atoms with Crippen LogP contribution in [-0.4, -0.2) is 42.3 Å². The van der Waals surface area contributed by atoms with Gasteiger partial charge in [0.05, 0.1) is 5.60 Å². The predicted octanol–water partition coefficient (Wildman–Crippen LogP) is 2.70. The highest BCUT2D eigenvalue weighted by Crippen LogP contribution is 2.51. The summed E-state index contributed by atoms with van der Waals surface area (Å²) in [6, 6.07) is 3.48. The van der Waals surface area contributed by atoms with Crippen LogP contribution in [0.2, 0.25) is 0 Å². The zero-order valence-electron chi connectivity index (χ0n) is 15.7. The highest BCUT2D eigenvalue weighted by molar-refractivity contribution is 5.95. The van der Waals surface area contributed by atoms with Gasteiger partial charge >= 0.3 is 5.97 Å². The Labute approximate surface area is 148 Å². The number of amides is 1. The van der Waals surface area contributed by atoms with E-state index in [1.807, 2.05) is 0 Å². The van der Waals surface area contributed by atoms with Gasteiger partial charge in [-0.05, 0) is 50.5 Å². The minimum atomic E-state index is -1.03. The van der Waals surface area contributed by atoms with Gasteiger partial charge in [0.2, 0.25) is 0 Å². The summed E-state index contributed by atoms with van der Waals surface area (Å²) < 4.78 is 10.9. The molecule has 0 spiro atoms. The molecule has 0 aromatic heterocycles. The third-order valence-electron chi connectivity index (χ3n) is 5.65. The van der Waals surface area contributed by atoms with Crippen LogP contribution in [0, 0.1) is 19.3 Å². The van der Waals surface area contributed by atoms with Crippen LogP contribution in [-0.2, 0) is 9.53 Å². The van der Waals surface area contributed by atoms with Crippen LogP contribution >= 0.6 is 0 Å². The summed E-state index contributed by atoms with van der Waals surface area (Å²) in [5.74, 6) is -0.670. The van der Waals surface area contributed by atoms with E-state index < -0.39 is 12.6 Å². The monoisotopic (exact) mass is 349 g/mol. The smallest absolute Gasteiger partial charge is 0.341 e. The molecule has 1 amide bonds. The molecule has 1 aromatic carbocycles. The molecule has 2 N–H and O–H groups in total. The number of benzene rings is 1. The first-order chi connectivity index (χ1) is 11.5. The average Bonchev–Trinajstić information content (AvgIpc) is 2.52. The Morgan fingerprint density at radius 2 is 1.80 bits per heavy atom. The van der Waals surface area contributed by atoms with E-state index in [9.17, 15) is 9.59 Å². The number of carbonyl (C=O) groups is 2. The summed E-state index contributed by atoms with van der Waals surface area (Å²) in [6.45, 7) is 9.43. The van der Waals surface area contributed by atoms with Gasteiger partial charge in [-0.2, -0.15) is 0 Å². The van der Waals surface area contributed by atoms with Gasteiger partial charge in [-0.25, -0.2) is 4.79 Å². The number of carboxylic acid groups (broad SMARTS) is 1. The molecule has 0 bridgehead atoms. The van der Waals surface area contributed by atoms with Crippen LogP contribution in [0.15, 0.2) is 12.1 Å². The lowest BCUT2D eigenvalue weighted by Crippen LogP contribution is -2.68. The number of aryl methyl sites for hydroxylation is 2. The molecule has 0 aliphatic heterocycles. The molecule has 6 heteroatoms. The molecule has 0 radical (unpaired) electrons. The van der Waals surface area contributed by atoms with Crippen molar-refractivity contribution in [3.63, 3.8) is 0 Å². The Hall–Kier alpha value is -2.08. The summed E-state index contributed by atoms with van der Waals surface area (Å²) in [4.78, 5) is 23.3. The normalized spacial score (nSPS) is 24.3. The van der Waals surface area contributed by atoms with E-state index >= 15 is 0 Å². The molecule has 2 rings (SSSR count). The second-order valence-corrected chi connectivity index (χ2v) is 7.51. The second-order valence-electron chi connectivity index (χ2n) is 7.51. The van der Waals surface area contributed by atoms with Crippen LogP contribution in [0.3, 0.4) is 0 Å². The summed E-state index contributed by atoms with van der Waals surface area (Å²) in [5.41, 5.74) is 1.61. The first-order valence-corrected chi connectivity index (χ1v) is 8.33. The van der Waals surface area contributed by atoms with Gasteiger partial charge in [-0.3, -0.25) is 4.79 Å². The first kappa shape index (κ1) is 19.2. The number of hydrogen-bond acceptors (Lipinski definition) is 4. The minimum absolute atomic E-state index is 0.0356. The van der Waals surface area contributed by atoms with E-state index in [0.717, 1.165) is 17.5 Å². The van der Waals surface area contributed by atoms with Crippen molar-refractivity contribution in [3.05, 3.63) is 28.8 Å². The van der Waals surface area contributed by atoms with Crippen molar-refractivity contribution in [2.75, 3.05) is 13.7 Å². The zero-order chi connectivity index (χ0) is 19.0. The number of rotatable bonds is 6. The van der Waals surface area contributed by atoms with E-state index in [1.165, 1.54) is 0 Å². The Morgan fingerprint density at radius 1 is 1.24 bits per heavy atom. The SMILES string of the molecule is COC1(C)CC(NC(=O)c2cc(C)c(OCC(=O)O)c(C)c2)C1(C)C. The van der Waals surface area contributed by atoms with E-state index in [-0.39, 0.29) is 23.0 Å². The lowest BCUT2D eigenvalue weighted by molar-refractivity contribution is -0.177. The molecular formula is C19H27NO5. The molecule has 25 heavy (non-hydrogen) atoms. The summed E-state index contributed by atoms with van der Waals surface area (Å²) in [7, 11) is 1.70. The van der Waals surface area contributed by atoms with Crippen molar-refractivity contribution in [1.29, 1.82) is 0 Å². The van der Waals surface area contributed by atoms with Crippen molar-refractivity contribution in [3.8, 4) is 5.75 Å². The quantitative estimate of drug-likeness (QED) is 0.825. The van der Waals surface area contributed by atoms with Crippen molar-refractivity contribution >= 4 is 11.9 Å². The van der Waals surface area contributed by atoms with Crippen molar-refractivity contribution < 1.29 is 24.2 Å². The van der Waals surface area contributed by atoms with Gasteiger partial charge in [-0.1, -0.05) is 13.8 Å². The molecule has 1 aliphatic rings. The molecule has 1 saturated carbocycles. The van der Waals surface area contributed by atoms with Crippen LogP contribution < -0.4 is 10.1 Å². The fraction of sp³-hybridized carbons (Fsp3) is 0.579. The summed E-state index contributed by atoms with van der Waals surface area (Å²) >= 11 is 0. The standard InChI is InChI=1S/C19H27NO5/c1-11-7-13(8-12(2)16(11)25-10-15(21)22)17(23)20-14-9-19(5,24-6)18(14,3)4/h7-8,14H,9-10H2,1-6H3,(H,20,23)(H,21,22). The summed E-state index contributed by atoms with van der Waals surface area (Å²) in [5, 5.41) is 11.8. The molecule has 1 fully saturated rings. The number of hydrogen-bond donors (Lipinski definition) is 2. The fourth-order valence-corrected chi connectivity index (χ4v) is 3.41. The molecule has 1 aromatic rings. The fourth-order valence-electron chi connectivity index (χ4n) is 3.41. The van der Waals surface area contributed by atoms with Crippen molar-refractivity contribution in [2.45, 2.75) is 52.7 Å². The number of ether oxygens (including phenoxy) is 2. The minimum Gasteiger partial charge on any atom is -0.481 e. The van der Waals surface area contributed by atoms with Crippen molar-refractivity contribution in [2.24, 2.45) is 5.41 Å². The van der Waals surface area contributed by atoms with Crippen molar-refractivity contribution in [1.82, 2.24) is 5.32 Å². The van der Waals surface area contributed by atoms with Gasteiger partial charge < -0.3 is 19.9 Å². The van der Waals surface area contributed by atoms with Gasteiger partial charge in [0.15, 0.2) is 6.61 Å². The molecule has 2 atom stereocenters. The van der Waals surface area contributed by atoms with E-state index in [1.54, 1.807) is 33.1 Å². The number of carboxylic acids is 1. The largest absolute Gasteiger partial charge is 0.481 e. The molecule has 0 heterocycles. The van der Waals surface area contributed by atoms with Gasteiger partial charge in [0.1, 0.15) is 5.75 Å². The van der Waals surface area contributed by atoms with Crippen LogP contribution in [0.5, 0.6) is 5.75 Å². The Balaban J connectivity index is 2.12. The molecule has 1 aliphatic carbocycles. The Bertz CT molecular complexity index is 674. The topological polar surface area (TPSA) is 84.9 Å². The predicted molar refractivity (Wildman–Crippen MR) is 94.1 cm³/mol. The molecule has 138 valence electrons. The van der Waals surface area contributed by atoms with Gasteiger partial charge in [-0.15, -0.1) is 0 Å². The maximum Gasteiger partial charge on any atom is 0.341 e. The van der Waals surface area contributed by atoms with Crippen LogP contribution in [0.25, 0.3) is 0 Å². The van der Waals surface area contributed by atoms with Gasteiger partial charge in [0, 0.05) is 24.1 Å². The maximum atomic E-state index is 12.6. The lowest BCUT2D eigenvalue weighted by atomic mass is 9.56. The highest BCUT2D eigenvalue weighted by Gasteiger charge is 2.58. The number of carbonyl (C=O) groups excluding carboxylic acids is 1. The van der Waals surface area contributed by atoms with E-state index in [2.05, 4.69) is 26.1 Å². The first-order valence-electron chi connectivity index (χ1n) is 8.33.